The number of nitrogens with two attached hydrogens (primary N) is 1. The molecule has 7 aromatic carbocycles. The van der Waals surface area contributed by atoms with Crippen molar-refractivity contribution in [1.29, 1.82) is 0 Å². The standard InChI is InChI=1S/C27H31N3O5.C19H22N2O4.C13H16N2O3.C13H18N2O.C7H4ClNO3.4CO2/c1-16-7-4-5-12-30(16)26(33)18-8-6-9-19(13-18)28-21-22(24(32)23(21)31)29-25(27(3)14-34-15-27)20-11-10-17(2)35-20;1-3-25-18-15(16(22)17(18)23)20-14-9-6-8-13(11-14)19(24)21-10-5-4-7-12(21)2;1-10-5-2-3-8-14(10)13(16)11-6-4-7-12(9-11)15(17)18;1-10-5-2-3-8-15(10)13(16)11-6-4-7-12(14)9-11;8-7(10)5-2-1-3-6(4-5)9(11)12;4*2-1-3/h6,8-11,13,16,25,28-29H,4-5,7,12,14-15H2,1-3H3;6,8-9,11-12,20H,3-5,7,10H2,1-2H3;4,6-7,9-10H,2-3,5,8H2,1H3;4,6-7,9-10H,2-3,5,8,14H2,1H3;1-4H;;;;. The molecule has 0 radical (unpaired) electrons. The highest BCUT2D eigenvalue weighted by Gasteiger charge is 2.45. The number of piperidine rings is 4. The van der Waals surface area contributed by atoms with E-state index >= 15 is 0 Å². The predicted molar refractivity (Wildman–Crippen MR) is 427 cm³/mol. The first-order valence-corrected chi connectivity index (χ1v) is 37.9. The lowest BCUT2D eigenvalue weighted by molar-refractivity contribution is -0.385. The number of amides is 4. The Morgan fingerprint density at radius 2 is 0.856 bits per heavy atom. The zero-order chi connectivity index (χ0) is 87.3. The Kier molecular flexibility index (Phi) is 38.3. The van der Waals surface area contributed by atoms with E-state index in [9.17, 15) is 63.4 Å². The molecule has 5 aliphatic heterocycles. The Morgan fingerprint density at radius 1 is 0.508 bits per heavy atom. The number of carbonyl (C=O) groups is 5. The van der Waals surface area contributed by atoms with Crippen LogP contribution in [0.15, 0.2) is 157 Å². The summed E-state index contributed by atoms with van der Waals surface area (Å²) in [6.07, 6.45) is 13.9. The molecule has 5 fully saturated rings. The number of halogens is 1. The first-order chi connectivity index (χ1) is 56.3. The number of aryl methyl sites for hydroxylation is 1. The molecule has 8 aromatic rings. The third-order valence-corrected chi connectivity index (χ3v) is 19.9. The Bertz CT molecular complexity index is 5000. The highest BCUT2D eigenvalue weighted by Crippen LogP contribution is 2.44. The van der Waals surface area contributed by atoms with Gasteiger partial charge >= 0.3 is 24.6 Å². The summed E-state index contributed by atoms with van der Waals surface area (Å²) in [6.45, 7) is 18.4. The van der Waals surface area contributed by atoms with Crippen molar-refractivity contribution in [1.82, 2.24) is 19.6 Å². The van der Waals surface area contributed by atoms with E-state index in [0.717, 1.165) is 109 Å². The molecule has 34 nitrogen and oxygen atoms in total. The summed E-state index contributed by atoms with van der Waals surface area (Å²) >= 11 is 5.12. The molecule has 118 heavy (non-hydrogen) atoms. The largest absolute Gasteiger partial charge is 0.488 e. The molecule has 5 saturated heterocycles. The maximum absolute atomic E-state index is 13.1. The van der Waals surface area contributed by atoms with Gasteiger partial charge in [0.05, 0.1) is 35.7 Å². The van der Waals surface area contributed by atoms with Gasteiger partial charge in [-0.2, -0.15) is 38.4 Å². The second-order valence-electron chi connectivity index (χ2n) is 28.0. The molecule has 6 heterocycles. The topological polar surface area (TPSA) is 483 Å². The number of ether oxygens (including phenoxy) is 2. The first kappa shape index (κ1) is 95.2. The number of likely N-dealkylation sites (tertiary alicyclic amines) is 4. The van der Waals surface area contributed by atoms with Crippen LogP contribution in [0.2, 0.25) is 0 Å². The summed E-state index contributed by atoms with van der Waals surface area (Å²) in [7, 11) is 0. The Balaban J connectivity index is 0.000000264. The van der Waals surface area contributed by atoms with Crippen LogP contribution in [-0.4, -0.2) is 153 Å². The van der Waals surface area contributed by atoms with Crippen molar-refractivity contribution in [3.05, 3.63) is 234 Å². The van der Waals surface area contributed by atoms with Gasteiger partial charge in [-0.1, -0.05) is 37.3 Å². The number of non-ortho nitro benzene ring substituents is 2. The number of nitrogen functional groups attached to an aromatic ring is 1. The third kappa shape index (κ3) is 26.9. The fourth-order valence-corrected chi connectivity index (χ4v) is 13.6. The van der Waals surface area contributed by atoms with E-state index < -0.39 is 36.8 Å². The number of nitro groups is 2. The molecule has 5 aliphatic rings. The number of nitro benzene ring substituents is 2. The van der Waals surface area contributed by atoms with Crippen LogP contribution in [0.1, 0.15) is 188 Å². The van der Waals surface area contributed by atoms with Crippen molar-refractivity contribution in [2.24, 2.45) is 5.41 Å². The van der Waals surface area contributed by atoms with Crippen molar-refractivity contribution in [3.8, 4) is 5.75 Å². The van der Waals surface area contributed by atoms with Crippen LogP contribution in [0, 0.1) is 32.6 Å². The smallest absolute Gasteiger partial charge is 0.373 e. The summed E-state index contributed by atoms with van der Waals surface area (Å²) in [5, 5.41) is 29.5. The zero-order valence-electron chi connectivity index (χ0n) is 66.0. The molecule has 4 amide bonds. The van der Waals surface area contributed by atoms with Crippen molar-refractivity contribution in [2.75, 3.05) is 67.7 Å². The number of nitrogens with zero attached hydrogens (tertiary/aromatic N) is 6. The lowest BCUT2D eigenvalue weighted by atomic mass is 9.79. The molecule has 0 bridgehead atoms. The van der Waals surface area contributed by atoms with E-state index in [-0.39, 0.29) is 118 Å². The van der Waals surface area contributed by atoms with Gasteiger partial charge < -0.3 is 55.2 Å². The van der Waals surface area contributed by atoms with Gasteiger partial charge in [0.2, 0.25) is 0 Å². The van der Waals surface area contributed by atoms with Crippen LogP contribution in [-0.2, 0) is 43.1 Å². The van der Waals surface area contributed by atoms with Gasteiger partial charge in [0.1, 0.15) is 28.6 Å². The van der Waals surface area contributed by atoms with Gasteiger partial charge in [-0.3, -0.25) is 63.4 Å². The molecule has 0 spiro atoms. The zero-order valence-corrected chi connectivity index (χ0v) is 66.7. The van der Waals surface area contributed by atoms with Gasteiger partial charge in [0.15, 0.2) is 5.75 Å². The summed E-state index contributed by atoms with van der Waals surface area (Å²) in [4.78, 5) is 202. The van der Waals surface area contributed by atoms with E-state index in [1.807, 2.05) is 57.7 Å². The Morgan fingerprint density at radius 3 is 1.20 bits per heavy atom. The van der Waals surface area contributed by atoms with Crippen LogP contribution in [0.3, 0.4) is 0 Å². The van der Waals surface area contributed by atoms with Crippen LogP contribution >= 0.6 is 11.6 Å². The molecule has 624 valence electrons. The van der Waals surface area contributed by atoms with Crippen LogP contribution in [0.5, 0.6) is 5.75 Å². The van der Waals surface area contributed by atoms with Gasteiger partial charge in [-0.15, -0.1) is 0 Å². The second kappa shape index (κ2) is 47.5. The quantitative estimate of drug-likeness (QED) is 0.0216. The van der Waals surface area contributed by atoms with E-state index in [4.69, 9.17) is 69.6 Å². The molecule has 5 N–H and O–H groups in total. The number of carbonyl (C=O) groups excluding carboxylic acids is 13. The minimum Gasteiger partial charge on any atom is -0.488 e. The van der Waals surface area contributed by atoms with E-state index in [1.165, 1.54) is 36.8 Å². The summed E-state index contributed by atoms with van der Waals surface area (Å²) in [6, 6.07) is 36.9. The maximum Gasteiger partial charge on any atom is 0.373 e. The maximum atomic E-state index is 13.1. The normalized spacial score (nSPS) is 16.8. The van der Waals surface area contributed by atoms with Crippen LogP contribution in [0.25, 0.3) is 0 Å². The number of benzene rings is 5. The van der Waals surface area contributed by atoms with Gasteiger partial charge in [-0.05, 0) is 209 Å². The molecule has 35 heteroatoms. The number of hydrogen-bond donors (Lipinski definition) is 4. The third-order valence-electron chi connectivity index (χ3n) is 19.7. The van der Waals surface area contributed by atoms with Crippen molar-refractivity contribution < 1.29 is 86.1 Å². The molecule has 5 atom stereocenters. The monoisotopic (exact) mass is 1650 g/mol. The number of hydrogen-bond acceptors (Lipinski definition) is 28. The molecular weight excluding hydrogens is 1560 g/mol. The molecule has 5 unspecified atom stereocenters. The van der Waals surface area contributed by atoms with Crippen LogP contribution < -0.4 is 48.1 Å². The Hall–Kier alpha value is -13.3. The lowest BCUT2D eigenvalue weighted by Gasteiger charge is -2.44. The van der Waals surface area contributed by atoms with Gasteiger partial charge in [0, 0.05) is 125 Å². The molecule has 1 aromatic heterocycles. The number of furan rings is 1. The van der Waals surface area contributed by atoms with Crippen LogP contribution in [0.4, 0.5) is 45.5 Å². The summed E-state index contributed by atoms with van der Waals surface area (Å²) in [5.74, 6) is 1.50. The average molecular weight is 1650 g/mol. The molecular formula is C83H91ClN10O24. The van der Waals surface area contributed by atoms with E-state index in [2.05, 4.69) is 43.6 Å². The molecule has 0 saturated carbocycles. The average Bonchev–Trinajstić information content (AvgIpc) is 1.05. The van der Waals surface area contributed by atoms with Crippen molar-refractivity contribution in [3.63, 3.8) is 0 Å². The molecule has 13 rings (SSSR count). The van der Waals surface area contributed by atoms with Gasteiger partial charge in [-0.25, -0.2) is 0 Å². The fourth-order valence-electron chi connectivity index (χ4n) is 13.5. The minimum absolute atomic E-state index is 0.00845. The predicted octanol–water partition coefficient (Wildman–Crippen LogP) is 11.1. The fraction of sp³-hybridized carbons (Fsp3) is 0.386. The number of rotatable bonds is 17. The highest BCUT2D eigenvalue weighted by atomic mass is 35.5. The van der Waals surface area contributed by atoms with E-state index in [1.54, 1.807) is 79.7 Å². The van der Waals surface area contributed by atoms with E-state index in [0.29, 0.717) is 70.9 Å². The van der Waals surface area contributed by atoms with Crippen molar-refractivity contribution in [2.45, 2.75) is 156 Å². The lowest BCUT2D eigenvalue weighted by Crippen LogP contribution is -2.49. The number of nitrogens with one attached hydrogen (secondary N) is 3. The first-order valence-electron chi connectivity index (χ1n) is 37.5. The summed E-state index contributed by atoms with van der Waals surface area (Å²) < 4.78 is 16.5. The minimum atomic E-state index is -0.696. The van der Waals surface area contributed by atoms with Crippen molar-refractivity contribution >= 4 is 111 Å². The van der Waals surface area contributed by atoms with Gasteiger partial charge in [0.25, 0.3) is 62.0 Å². The second-order valence-corrected chi connectivity index (χ2v) is 28.4. The molecule has 0 aliphatic carbocycles. The highest BCUT2D eigenvalue weighted by molar-refractivity contribution is 6.67. The SMILES string of the molecule is CC1CCCCN1C(=O)c1cccc(N)c1.CC1CCCCN1C(=O)c1cccc([N+](=O)[O-])c1.CCOc1c(Nc2cccc(C(=O)N3CCCCC3C)c2)c(=O)c1=O.Cc1ccc(C(Nc2c(Nc3cccc(C(=O)N4CCCCC4C)c3)c(=O)c2=O)C2(C)COC2)o1.O=C(Cl)c1cccc([N+](=O)[O-])c1.O=C=O.O=C=O.O=C=O.O=C=O. The Labute approximate surface area is 681 Å². The number of anilines is 6. The summed E-state index contributed by atoms with van der Waals surface area (Å²) in [5.41, 5.74) is 7.63.